The zero-order chi connectivity index (χ0) is 18.1. The highest BCUT2D eigenvalue weighted by atomic mass is 16.4. The van der Waals surface area contributed by atoms with Gasteiger partial charge in [-0.05, 0) is 17.7 Å². The van der Waals surface area contributed by atoms with Gasteiger partial charge in [-0.1, -0.05) is 48.5 Å². The standard InChI is InChI=1S/C18H19N3O4/c22-16(23)11-15(19-12-13-7-3-1-4-8-13)18(25)21-20-17(24)14-9-5-2-6-10-14/h1-10,15,19H,11-12H2,(H,20,24)(H,21,25)(H,22,23)/t15-/m0/s1. The molecule has 2 amide bonds. The maximum Gasteiger partial charge on any atom is 0.305 e. The van der Waals surface area contributed by atoms with Crippen molar-refractivity contribution in [3.8, 4) is 0 Å². The van der Waals surface area contributed by atoms with Crippen LogP contribution in [0.1, 0.15) is 22.3 Å². The zero-order valence-electron chi connectivity index (χ0n) is 13.4. The molecule has 0 spiro atoms. The van der Waals surface area contributed by atoms with Gasteiger partial charge in [0.15, 0.2) is 0 Å². The number of carboxylic acid groups (broad SMARTS) is 1. The average Bonchev–Trinajstić information content (AvgIpc) is 2.64. The van der Waals surface area contributed by atoms with Gasteiger partial charge in [-0.2, -0.15) is 0 Å². The second kappa shape index (κ2) is 9.19. The van der Waals surface area contributed by atoms with E-state index in [2.05, 4.69) is 16.2 Å². The smallest absolute Gasteiger partial charge is 0.305 e. The van der Waals surface area contributed by atoms with Crippen LogP contribution in [0.3, 0.4) is 0 Å². The molecular formula is C18H19N3O4. The predicted molar refractivity (Wildman–Crippen MR) is 91.4 cm³/mol. The third-order valence-corrected chi connectivity index (χ3v) is 3.43. The van der Waals surface area contributed by atoms with Crippen molar-refractivity contribution in [1.82, 2.24) is 16.2 Å². The molecule has 0 saturated heterocycles. The third kappa shape index (κ3) is 6.08. The quantitative estimate of drug-likeness (QED) is 0.564. The summed E-state index contributed by atoms with van der Waals surface area (Å²) in [5.41, 5.74) is 5.84. The Labute approximate surface area is 145 Å². The SMILES string of the molecule is O=C(O)C[C@H](NCc1ccccc1)C(=O)NNC(=O)c1ccccc1. The maximum atomic E-state index is 12.2. The van der Waals surface area contributed by atoms with Crippen molar-refractivity contribution in [2.75, 3.05) is 0 Å². The highest BCUT2D eigenvalue weighted by Gasteiger charge is 2.21. The minimum Gasteiger partial charge on any atom is -0.481 e. The van der Waals surface area contributed by atoms with E-state index in [0.717, 1.165) is 5.56 Å². The number of carboxylic acids is 1. The van der Waals surface area contributed by atoms with Gasteiger partial charge in [-0.25, -0.2) is 0 Å². The molecule has 2 aromatic carbocycles. The van der Waals surface area contributed by atoms with E-state index >= 15 is 0 Å². The number of nitrogens with one attached hydrogen (secondary N) is 3. The normalized spacial score (nSPS) is 11.4. The molecule has 7 nitrogen and oxygen atoms in total. The molecule has 0 aromatic heterocycles. The molecule has 7 heteroatoms. The van der Waals surface area contributed by atoms with Crippen LogP contribution in [0, 0.1) is 0 Å². The molecule has 4 N–H and O–H groups in total. The molecule has 0 aliphatic carbocycles. The van der Waals surface area contributed by atoms with Gasteiger partial charge in [0, 0.05) is 12.1 Å². The Hall–Kier alpha value is -3.19. The molecule has 0 fully saturated rings. The number of rotatable bonds is 7. The molecule has 0 bridgehead atoms. The Morgan fingerprint density at radius 2 is 1.48 bits per heavy atom. The molecule has 0 aliphatic heterocycles. The fourth-order valence-electron chi connectivity index (χ4n) is 2.14. The highest BCUT2D eigenvalue weighted by molar-refractivity contribution is 5.96. The minimum atomic E-state index is -1.12. The summed E-state index contributed by atoms with van der Waals surface area (Å²) < 4.78 is 0. The van der Waals surface area contributed by atoms with Crippen molar-refractivity contribution in [3.05, 3.63) is 71.8 Å². The lowest BCUT2D eigenvalue weighted by atomic mass is 10.1. The number of hydrazine groups is 1. The lowest BCUT2D eigenvalue weighted by Gasteiger charge is -2.17. The lowest BCUT2D eigenvalue weighted by molar-refractivity contribution is -0.140. The van der Waals surface area contributed by atoms with Gasteiger partial charge < -0.3 is 10.4 Å². The second-order valence-corrected chi connectivity index (χ2v) is 5.33. The number of hydrogen-bond acceptors (Lipinski definition) is 4. The first-order chi connectivity index (χ1) is 12.1. The molecule has 2 rings (SSSR count). The number of aliphatic carboxylic acids is 1. The zero-order valence-corrected chi connectivity index (χ0v) is 13.4. The Balaban J connectivity index is 1.91. The van der Waals surface area contributed by atoms with Crippen LogP contribution in [0.5, 0.6) is 0 Å². The van der Waals surface area contributed by atoms with Gasteiger partial charge in [0.05, 0.1) is 12.5 Å². The van der Waals surface area contributed by atoms with Crippen molar-refractivity contribution >= 4 is 17.8 Å². The van der Waals surface area contributed by atoms with Crippen molar-refractivity contribution in [1.29, 1.82) is 0 Å². The number of benzene rings is 2. The Morgan fingerprint density at radius 1 is 0.880 bits per heavy atom. The van der Waals surface area contributed by atoms with Crippen LogP contribution < -0.4 is 16.2 Å². The first-order valence-electron chi connectivity index (χ1n) is 7.70. The third-order valence-electron chi connectivity index (χ3n) is 3.43. The van der Waals surface area contributed by atoms with Gasteiger partial charge in [-0.15, -0.1) is 0 Å². The molecule has 0 aliphatic rings. The van der Waals surface area contributed by atoms with Crippen LogP contribution in [0.2, 0.25) is 0 Å². The van der Waals surface area contributed by atoms with Gasteiger partial charge in [0.2, 0.25) is 0 Å². The average molecular weight is 341 g/mol. The Morgan fingerprint density at radius 3 is 2.08 bits per heavy atom. The number of hydrogen-bond donors (Lipinski definition) is 4. The summed E-state index contributed by atoms with van der Waals surface area (Å²) >= 11 is 0. The first kappa shape index (κ1) is 18.2. The summed E-state index contributed by atoms with van der Waals surface area (Å²) in [4.78, 5) is 35.1. The van der Waals surface area contributed by atoms with Gasteiger partial charge in [-0.3, -0.25) is 25.2 Å². The summed E-state index contributed by atoms with van der Waals surface area (Å²) in [6.07, 6.45) is -0.403. The van der Waals surface area contributed by atoms with Crippen LogP contribution in [0.25, 0.3) is 0 Å². The number of carbonyl (C=O) groups is 3. The van der Waals surface area contributed by atoms with Crippen LogP contribution >= 0.6 is 0 Å². The Kier molecular flexibility index (Phi) is 6.67. The molecule has 0 unspecified atom stereocenters. The predicted octanol–water partition coefficient (Wildman–Crippen LogP) is 1.08. The summed E-state index contributed by atoms with van der Waals surface area (Å²) in [6.45, 7) is 0.332. The van der Waals surface area contributed by atoms with Crippen LogP contribution in [-0.2, 0) is 16.1 Å². The summed E-state index contributed by atoms with van der Waals surface area (Å²) in [5, 5.41) is 11.9. The summed E-state index contributed by atoms with van der Waals surface area (Å²) in [7, 11) is 0. The lowest BCUT2D eigenvalue weighted by Crippen LogP contribution is -2.51. The van der Waals surface area contributed by atoms with Crippen molar-refractivity contribution in [3.63, 3.8) is 0 Å². The molecule has 0 radical (unpaired) electrons. The monoisotopic (exact) mass is 341 g/mol. The number of amides is 2. The van der Waals surface area contributed by atoms with Crippen LogP contribution in [-0.4, -0.2) is 28.9 Å². The summed E-state index contributed by atoms with van der Waals surface area (Å²) in [6, 6.07) is 16.7. The van der Waals surface area contributed by atoms with E-state index in [1.54, 1.807) is 30.3 Å². The van der Waals surface area contributed by atoms with E-state index < -0.39 is 30.2 Å². The van der Waals surface area contributed by atoms with E-state index in [1.165, 1.54) is 0 Å². The molecular weight excluding hydrogens is 322 g/mol. The van der Waals surface area contributed by atoms with E-state index in [-0.39, 0.29) is 0 Å². The van der Waals surface area contributed by atoms with Crippen LogP contribution in [0.15, 0.2) is 60.7 Å². The molecule has 130 valence electrons. The van der Waals surface area contributed by atoms with Crippen molar-refractivity contribution in [2.45, 2.75) is 19.0 Å². The van der Waals surface area contributed by atoms with E-state index in [4.69, 9.17) is 5.11 Å². The maximum absolute atomic E-state index is 12.2. The van der Waals surface area contributed by atoms with Gasteiger partial charge in [0.1, 0.15) is 0 Å². The van der Waals surface area contributed by atoms with Gasteiger partial charge >= 0.3 is 5.97 Å². The largest absolute Gasteiger partial charge is 0.481 e. The van der Waals surface area contributed by atoms with E-state index in [1.807, 2.05) is 30.3 Å². The summed E-state index contributed by atoms with van der Waals surface area (Å²) in [5.74, 6) is -2.22. The fourth-order valence-corrected chi connectivity index (χ4v) is 2.14. The van der Waals surface area contributed by atoms with E-state index in [0.29, 0.717) is 12.1 Å². The molecule has 25 heavy (non-hydrogen) atoms. The minimum absolute atomic E-state index is 0.332. The van der Waals surface area contributed by atoms with Crippen molar-refractivity contribution < 1.29 is 19.5 Å². The molecule has 0 heterocycles. The first-order valence-corrected chi connectivity index (χ1v) is 7.70. The topological polar surface area (TPSA) is 108 Å². The van der Waals surface area contributed by atoms with Crippen LogP contribution in [0.4, 0.5) is 0 Å². The second-order valence-electron chi connectivity index (χ2n) is 5.33. The highest BCUT2D eigenvalue weighted by Crippen LogP contribution is 2.01. The Bertz CT molecular complexity index is 720. The molecule has 1 atom stereocenters. The number of carbonyl (C=O) groups excluding carboxylic acids is 2. The molecule has 2 aromatic rings. The van der Waals surface area contributed by atoms with Gasteiger partial charge in [0.25, 0.3) is 11.8 Å². The van der Waals surface area contributed by atoms with Crippen molar-refractivity contribution in [2.24, 2.45) is 0 Å². The molecule has 0 saturated carbocycles. The van der Waals surface area contributed by atoms with E-state index in [9.17, 15) is 14.4 Å². The fraction of sp³-hybridized carbons (Fsp3) is 0.167.